The fraction of sp³-hybridized carbons (Fsp3) is 0.625. The second kappa shape index (κ2) is 15.3. The molecule has 7 nitrogen and oxygen atoms in total. The number of hydrogen-bond acceptors (Lipinski definition) is 4. The van der Waals surface area contributed by atoms with Gasteiger partial charge in [-0.25, -0.2) is 9.59 Å². The fourth-order valence-electron chi connectivity index (χ4n) is 2.70. The Balaban J connectivity index is 0.00000436. The molecule has 7 heteroatoms. The SMILES string of the molecule is CC.Cc1ccc(CCCC(=O)NCCCCC(NC(=O)OC(C)(C)C)C(=O)O)cc1. The minimum atomic E-state index is -1.10. The van der Waals surface area contributed by atoms with E-state index in [-0.39, 0.29) is 12.3 Å². The Hall–Kier alpha value is -2.57. The van der Waals surface area contributed by atoms with E-state index in [1.54, 1.807) is 20.8 Å². The van der Waals surface area contributed by atoms with E-state index in [4.69, 9.17) is 4.74 Å². The third-order valence-electron chi connectivity index (χ3n) is 4.22. The summed E-state index contributed by atoms with van der Waals surface area (Å²) in [5.41, 5.74) is 1.76. The number of carbonyl (C=O) groups is 3. The van der Waals surface area contributed by atoms with Crippen molar-refractivity contribution in [2.75, 3.05) is 6.54 Å². The highest BCUT2D eigenvalue weighted by Gasteiger charge is 2.23. The molecule has 1 rings (SSSR count). The van der Waals surface area contributed by atoms with Crippen molar-refractivity contribution in [3.05, 3.63) is 35.4 Å². The molecular formula is C24H40N2O5. The van der Waals surface area contributed by atoms with Crippen LogP contribution >= 0.6 is 0 Å². The first-order valence-electron chi connectivity index (χ1n) is 11.1. The van der Waals surface area contributed by atoms with Gasteiger partial charge < -0.3 is 20.5 Å². The van der Waals surface area contributed by atoms with Crippen molar-refractivity contribution in [3.63, 3.8) is 0 Å². The van der Waals surface area contributed by atoms with Gasteiger partial charge in [0.1, 0.15) is 11.6 Å². The monoisotopic (exact) mass is 436 g/mol. The Labute approximate surface area is 186 Å². The number of ether oxygens (including phenoxy) is 1. The summed E-state index contributed by atoms with van der Waals surface area (Å²) in [7, 11) is 0. The molecule has 0 aromatic heterocycles. The Morgan fingerprint density at radius 3 is 2.19 bits per heavy atom. The Morgan fingerprint density at radius 1 is 1.03 bits per heavy atom. The molecule has 1 atom stereocenters. The highest BCUT2D eigenvalue weighted by atomic mass is 16.6. The number of rotatable bonds is 11. The molecule has 1 unspecified atom stereocenters. The summed E-state index contributed by atoms with van der Waals surface area (Å²) in [4.78, 5) is 34.9. The molecule has 1 aromatic rings. The lowest BCUT2D eigenvalue weighted by molar-refractivity contribution is -0.139. The molecule has 0 aliphatic rings. The molecule has 0 bridgehead atoms. The number of nitrogens with one attached hydrogen (secondary N) is 2. The average Bonchev–Trinajstić information content (AvgIpc) is 2.68. The van der Waals surface area contributed by atoms with Crippen LogP contribution in [0.3, 0.4) is 0 Å². The minimum Gasteiger partial charge on any atom is -0.480 e. The van der Waals surface area contributed by atoms with Crippen LogP contribution < -0.4 is 10.6 Å². The number of benzene rings is 1. The van der Waals surface area contributed by atoms with Crippen LogP contribution in [-0.4, -0.2) is 41.3 Å². The highest BCUT2D eigenvalue weighted by Crippen LogP contribution is 2.09. The van der Waals surface area contributed by atoms with Crippen molar-refractivity contribution >= 4 is 18.0 Å². The Morgan fingerprint density at radius 2 is 1.65 bits per heavy atom. The maximum atomic E-state index is 11.9. The first-order chi connectivity index (χ1) is 14.6. The van der Waals surface area contributed by atoms with E-state index in [1.165, 1.54) is 11.1 Å². The quantitative estimate of drug-likeness (QED) is 0.440. The second-order valence-electron chi connectivity index (χ2n) is 8.22. The third kappa shape index (κ3) is 15.0. The van der Waals surface area contributed by atoms with E-state index in [9.17, 15) is 19.5 Å². The Kier molecular flexibility index (Phi) is 14.0. The molecule has 0 aliphatic carbocycles. The van der Waals surface area contributed by atoms with Crippen molar-refractivity contribution in [3.8, 4) is 0 Å². The van der Waals surface area contributed by atoms with Crippen LogP contribution in [0.5, 0.6) is 0 Å². The lowest BCUT2D eigenvalue weighted by Crippen LogP contribution is -2.43. The number of aliphatic carboxylic acids is 1. The lowest BCUT2D eigenvalue weighted by atomic mass is 10.1. The number of carboxylic acids is 1. The number of alkyl carbamates (subject to hydrolysis) is 1. The van der Waals surface area contributed by atoms with Crippen LogP contribution in [0.25, 0.3) is 0 Å². The average molecular weight is 437 g/mol. The standard InChI is InChI=1S/C22H34N2O5.C2H6/c1-16-11-13-17(14-12-16)8-7-10-19(25)23-15-6-5-9-18(20(26)27)24-21(28)29-22(2,3)4;1-2/h11-14,18H,5-10,15H2,1-4H3,(H,23,25)(H,24,28)(H,26,27);1-2H3. The molecule has 0 radical (unpaired) electrons. The largest absolute Gasteiger partial charge is 0.480 e. The van der Waals surface area contributed by atoms with Crippen molar-refractivity contribution in [1.29, 1.82) is 0 Å². The fourth-order valence-corrected chi connectivity index (χ4v) is 2.70. The number of hydrogen-bond donors (Lipinski definition) is 3. The third-order valence-corrected chi connectivity index (χ3v) is 4.22. The van der Waals surface area contributed by atoms with Gasteiger partial charge in [0.2, 0.25) is 5.91 Å². The molecule has 176 valence electrons. The molecule has 0 spiro atoms. The van der Waals surface area contributed by atoms with Crippen molar-refractivity contribution in [2.24, 2.45) is 0 Å². The van der Waals surface area contributed by atoms with Gasteiger partial charge in [-0.1, -0.05) is 43.7 Å². The van der Waals surface area contributed by atoms with Crippen LogP contribution in [0, 0.1) is 6.92 Å². The predicted molar refractivity (Wildman–Crippen MR) is 123 cm³/mol. The summed E-state index contributed by atoms with van der Waals surface area (Å²) in [6, 6.07) is 7.29. The summed E-state index contributed by atoms with van der Waals surface area (Å²) in [6.07, 6.45) is 2.86. The van der Waals surface area contributed by atoms with Gasteiger partial charge in [0.25, 0.3) is 0 Å². The minimum absolute atomic E-state index is 0.00113. The first-order valence-corrected chi connectivity index (χ1v) is 11.1. The molecule has 1 aromatic carbocycles. The summed E-state index contributed by atoms with van der Waals surface area (Å²) >= 11 is 0. The lowest BCUT2D eigenvalue weighted by Gasteiger charge is -2.22. The van der Waals surface area contributed by atoms with Crippen molar-refractivity contribution in [2.45, 2.75) is 91.7 Å². The number of amides is 2. The van der Waals surface area contributed by atoms with E-state index in [1.807, 2.05) is 20.8 Å². The molecule has 3 N–H and O–H groups in total. The number of aryl methyl sites for hydroxylation is 2. The molecule has 0 saturated heterocycles. The zero-order valence-electron chi connectivity index (χ0n) is 19.9. The van der Waals surface area contributed by atoms with Gasteiger partial charge in [-0.3, -0.25) is 4.79 Å². The highest BCUT2D eigenvalue weighted by molar-refractivity contribution is 5.80. The van der Waals surface area contributed by atoms with Gasteiger partial charge in [0.05, 0.1) is 0 Å². The molecule has 31 heavy (non-hydrogen) atoms. The maximum absolute atomic E-state index is 11.9. The summed E-state index contributed by atoms with van der Waals surface area (Å²) in [5.74, 6) is -1.10. The van der Waals surface area contributed by atoms with E-state index in [0.29, 0.717) is 25.8 Å². The van der Waals surface area contributed by atoms with Crippen LogP contribution in [0.4, 0.5) is 4.79 Å². The summed E-state index contributed by atoms with van der Waals surface area (Å²) < 4.78 is 5.08. The van der Waals surface area contributed by atoms with Gasteiger partial charge in [0.15, 0.2) is 0 Å². The molecular weight excluding hydrogens is 396 g/mol. The zero-order valence-corrected chi connectivity index (χ0v) is 19.9. The summed E-state index contributed by atoms with van der Waals surface area (Å²) in [5, 5.41) is 14.5. The van der Waals surface area contributed by atoms with E-state index >= 15 is 0 Å². The molecule has 0 fully saturated rings. The van der Waals surface area contributed by atoms with Crippen LogP contribution in [-0.2, 0) is 20.7 Å². The smallest absolute Gasteiger partial charge is 0.408 e. The number of carbonyl (C=O) groups excluding carboxylic acids is 2. The van der Waals surface area contributed by atoms with Gasteiger partial charge in [-0.15, -0.1) is 0 Å². The van der Waals surface area contributed by atoms with Crippen LogP contribution in [0.15, 0.2) is 24.3 Å². The van der Waals surface area contributed by atoms with Crippen molar-refractivity contribution in [1.82, 2.24) is 10.6 Å². The molecule has 0 heterocycles. The predicted octanol–water partition coefficient (Wildman–Crippen LogP) is 4.61. The number of unbranched alkanes of at least 4 members (excludes halogenated alkanes) is 1. The van der Waals surface area contributed by atoms with Crippen molar-refractivity contribution < 1.29 is 24.2 Å². The van der Waals surface area contributed by atoms with Gasteiger partial charge in [-0.05, 0) is 65.4 Å². The van der Waals surface area contributed by atoms with Gasteiger partial charge >= 0.3 is 12.1 Å². The van der Waals surface area contributed by atoms with Gasteiger partial charge in [-0.2, -0.15) is 0 Å². The van der Waals surface area contributed by atoms with Crippen LogP contribution in [0.2, 0.25) is 0 Å². The summed E-state index contributed by atoms with van der Waals surface area (Å²) in [6.45, 7) is 11.7. The molecule has 2 amide bonds. The topological polar surface area (TPSA) is 105 Å². The molecule has 0 saturated carbocycles. The molecule has 0 aliphatic heterocycles. The number of carboxylic acid groups (broad SMARTS) is 1. The first kappa shape index (κ1) is 28.4. The zero-order chi connectivity index (χ0) is 23.9. The van der Waals surface area contributed by atoms with Gasteiger partial charge in [0, 0.05) is 13.0 Å². The van der Waals surface area contributed by atoms with Crippen LogP contribution in [0.1, 0.15) is 77.8 Å². The van der Waals surface area contributed by atoms with E-state index in [2.05, 4.69) is 34.9 Å². The van der Waals surface area contributed by atoms with E-state index in [0.717, 1.165) is 12.8 Å². The second-order valence-corrected chi connectivity index (χ2v) is 8.22. The Bertz CT molecular complexity index is 666. The normalized spacial score (nSPS) is 11.5. The maximum Gasteiger partial charge on any atom is 0.408 e. The van der Waals surface area contributed by atoms with E-state index < -0.39 is 23.7 Å².